The molecule has 6 nitrogen and oxygen atoms in total. The summed E-state index contributed by atoms with van der Waals surface area (Å²) in [7, 11) is 0. The number of nitrogens with two attached hydrogens (primary N) is 1. The standard InChI is InChI=1S/C18H15N3O3S/c19-17(23)24-18-21-14-7-5-12(9-15(14)25-18)16(22)20-13-6-4-10-2-1-3-11(10)8-13/h4-9H,1-3H2,(H2,19,23)(H,20,22). The molecule has 25 heavy (non-hydrogen) atoms. The minimum atomic E-state index is -0.909. The summed E-state index contributed by atoms with van der Waals surface area (Å²) >= 11 is 1.17. The molecule has 3 aromatic rings. The van der Waals surface area contributed by atoms with Crippen LogP contribution in [0.3, 0.4) is 0 Å². The number of hydrogen-bond acceptors (Lipinski definition) is 5. The summed E-state index contributed by atoms with van der Waals surface area (Å²) in [5, 5.41) is 3.10. The second kappa shape index (κ2) is 6.18. The van der Waals surface area contributed by atoms with Gasteiger partial charge >= 0.3 is 6.09 Å². The van der Waals surface area contributed by atoms with Gasteiger partial charge in [0.15, 0.2) is 0 Å². The largest absolute Gasteiger partial charge is 0.411 e. The highest BCUT2D eigenvalue weighted by Gasteiger charge is 2.14. The number of benzene rings is 2. The van der Waals surface area contributed by atoms with Gasteiger partial charge in [-0.2, -0.15) is 0 Å². The Kier molecular flexibility index (Phi) is 3.85. The lowest BCUT2D eigenvalue weighted by atomic mass is 10.1. The Balaban J connectivity index is 1.56. The van der Waals surface area contributed by atoms with Gasteiger partial charge in [-0.1, -0.05) is 17.4 Å². The van der Waals surface area contributed by atoms with E-state index in [4.69, 9.17) is 10.5 Å². The Morgan fingerprint density at radius 3 is 2.80 bits per heavy atom. The average Bonchev–Trinajstić information content (AvgIpc) is 3.18. The van der Waals surface area contributed by atoms with E-state index in [1.807, 2.05) is 12.1 Å². The van der Waals surface area contributed by atoms with Crippen molar-refractivity contribution in [3.8, 4) is 5.19 Å². The van der Waals surface area contributed by atoms with E-state index in [-0.39, 0.29) is 11.1 Å². The number of nitrogens with zero attached hydrogens (tertiary/aromatic N) is 1. The Morgan fingerprint density at radius 1 is 1.12 bits per heavy atom. The fourth-order valence-corrected chi connectivity index (χ4v) is 3.89. The van der Waals surface area contributed by atoms with E-state index in [0.29, 0.717) is 11.1 Å². The summed E-state index contributed by atoms with van der Waals surface area (Å²) in [5.41, 5.74) is 9.63. The average molecular weight is 353 g/mol. The van der Waals surface area contributed by atoms with Crippen LogP contribution >= 0.6 is 11.3 Å². The first-order valence-electron chi connectivity index (χ1n) is 7.89. The molecular weight excluding hydrogens is 338 g/mol. The number of aryl methyl sites for hydroxylation is 2. The van der Waals surface area contributed by atoms with Crippen molar-refractivity contribution in [1.29, 1.82) is 0 Å². The van der Waals surface area contributed by atoms with Crippen LogP contribution in [0.25, 0.3) is 10.2 Å². The number of hydrogen-bond donors (Lipinski definition) is 2. The van der Waals surface area contributed by atoms with Gasteiger partial charge in [0, 0.05) is 11.3 Å². The second-order valence-corrected chi connectivity index (χ2v) is 6.87. The molecule has 1 aliphatic carbocycles. The van der Waals surface area contributed by atoms with Gasteiger partial charge in [-0.15, -0.1) is 0 Å². The number of thiazole rings is 1. The fraction of sp³-hybridized carbons (Fsp3) is 0.167. The van der Waals surface area contributed by atoms with Crippen LogP contribution in [0.2, 0.25) is 0 Å². The first kappa shape index (κ1) is 15.6. The summed E-state index contributed by atoms with van der Waals surface area (Å²) in [5.74, 6) is -0.189. The number of ether oxygens (including phenoxy) is 1. The summed E-state index contributed by atoms with van der Waals surface area (Å²) < 4.78 is 5.53. The zero-order valence-electron chi connectivity index (χ0n) is 13.2. The molecule has 1 aliphatic rings. The molecule has 4 rings (SSSR count). The second-order valence-electron chi connectivity index (χ2n) is 5.87. The van der Waals surface area contributed by atoms with Gasteiger partial charge in [-0.05, 0) is 60.7 Å². The summed E-state index contributed by atoms with van der Waals surface area (Å²) in [6.45, 7) is 0. The van der Waals surface area contributed by atoms with Gasteiger partial charge in [0.2, 0.25) is 0 Å². The number of anilines is 1. The number of fused-ring (bicyclic) bond motifs is 2. The number of carbonyl (C=O) groups excluding carboxylic acids is 2. The maximum Gasteiger partial charge on any atom is 0.411 e. The minimum Gasteiger partial charge on any atom is -0.381 e. The van der Waals surface area contributed by atoms with Gasteiger partial charge in [-0.3, -0.25) is 4.79 Å². The van der Waals surface area contributed by atoms with Crippen molar-refractivity contribution in [3.05, 3.63) is 53.1 Å². The zero-order chi connectivity index (χ0) is 17.4. The predicted octanol–water partition coefficient (Wildman–Crippen LogP) is 3.49. The van der Waals surface area contributed by atoms with Crippen LogP contribution in [0.4, 0.5) is 10.5 Å². The van der Waals surface area contributed by atoms with Crippen LogP contribution in [0.1, 0.15) is 27.9 Å². The normalized spacial score (nSPS) is 12.8. The SMILES string of the molecule is NC(=O)Oc1nc2ccc(C(=O)Nc3ccc4c(c3)CCC4)cc2s1. The van der Waals surface area contributed by atoms with Crippen molar-refractivity contribution in [2.45, 2.75) is 19.3 Å². The van der Waals surface area contributed by atoms with Crippen LogP contribution in [0.5, 0.6) is 5.19 Å². The highest BCUT2D eigenvalue weighted by atomic mass is 32.1. The van der Waals surface area contributed by atoms with Crippen molar-refractivity contribution in [1.82, 2.24) is 4.98 Å². The summed E-state index contributed by atoms with van der Waals surface area (Å²) in [6.07, 6.45) is 2.44. The van der Waals surface area contributed by atoms with Crippen LogP contribution in [0, 0.1) is 0 Å². The maximum absolute atomic E-state index is 12.5. The quantitative estimate of drug-likeness (QED) is 0.753. The molecule has 0 atom stereocenters. The molecule has 0 bridgehead atoms. The van der Waals surface area contributed by atoms with Crippen molar-refractivity contribution in [2.24, 2.45) is 5.73 Å². The van der Waals surface area contributed by atoms with Crippen LogP contribution in [0.15, 0.2) is 36.4 Å². The van der Waals surface area contributed by atoms with Crippen LogP contribution in [-0.2, 0) is 12.8 Å². The fourth-order valence-electron chi connectivity index (χ4n) is 3.03. The van der Waals surface area contributed by atoms with Crippen molar-refractivity contribution in [3.63, 3.8) is 0 Å². The van der Waals surface area contributed by atoms with E-state index in [0.717, 1.165) is 23.2 Å². The third-order valence-electron chi connectivity index (χ3n) is 4.18. The Hall–Kier alpha value is -2.93. The third kappa shape index (κ3) is 3.18. The lowest BCUT2D eigenvalue weighted by Gasteiger charge is -2.07. The highest BCUT2D eigenvalue weighted by molar-refractivity contribution is 7.20. The van der Waals surface area contributed by atoms with E-state index < -0.39 is 6.09 Å². The Bertz CT molecular complexity index is 996. The van der Waals surface area contributed by atoms with E-state index in [1.54, 1.807) is 18.2 Å². The molecule has 2 amide bonds. The van der Waals surface area contributed by atoms with Crippen molar-refractivity contribution >= 4 is 39.2 Å². The van der Waals surface area contributed by atoms with Gasteiger partial charge in [-0.25, -0.2) is 9.78 Å². The first-order chi connectivity index (χ1) is 12.1. The number of carbonyl (C=O) groups is 2. The minimum absolute atomic E-state index is 0.165. The number of aromatic nitrogens is 1. The van der Waals surface area contributed by atoms with Gasteiger partial charge in [0.25, 0.3) is 11.1 Å². The third-order valence-corrected chi connectivity index (χ3v) is 5.07. The lowest BCUT2D eigenvalue weighted by molar-refractivity contribution is 0.102. The molecule has 0 spiro atoms. The molecular formula is C18H15N3O3S. The molecule has 0 fully saturated rings. The van der Waals surface area contributed by atoms with Crippen molar-refractivity contribution in [2.75, 3.05) is 5.32 Å². The van der Waals surface area contributed by atoms with E-state index in [2.05, 4.69) is 16.4 Å². The topological polar surface area (TPSA) is 94.3 Å². The smallest absolute Gasteiger partial charge is 0.381 e. The van der Waals surface area contributed by atoms with E-state index in [1.165, 1.54) is 28.9 Å². The van der Waals surface area contributed by atoms with Crippen LogP contribution in [-0.4, -0.2) is 17.0 Å². The predicted molar refractivity (Wildman–Crippen MR) is 96.3 cm³/mol. The van der Waals surface area contributed by atoms with E-state index in [9.17, 15) is 9.59 Å². The van der Waals surface area contributed by atoms with Gasteiger partial charge < -0.3 is 15.8 Å². The Morgan fingerprint density at radius 2 is 1.96 bits per heavy atom. The molecule has 0 aliphatic heterocycles. The van der Waals surface area contributed by atoms with Crippen molar-refractivity contribution < 1.29 is 14.3 Å². The number of rotatable bonds is 3. The summed E-state index contributed by atoms with van der Waals surface area (Å²) in [4.78, 5) is 27.5. The molecule has 3 N–H and O–H groups in total. The van der Waals surface area contributed by atoms with Gasteiger partial charge in [0.05, 0.1) is 10.2 Å². The number of primary amides is 1. The molecule has 1 aromatic heterocycles. The number of nitrogens with one attached hydrogen (secondary N) is 1. The number of amides is 2. The van der Waals surface area contributed by atoms with E-state index >= 15 is 0 Å². The molecule has 0 radical (unpaired) electrons. The summed E-state index contributed by atoms with van der Waals surface area (Å²) in [6, 6.07) is 11.2. The van der Waals surface area contributed by atoms with Gasteiger partial charge in [0.1, 0.15) is 0 Å². The first-order valence-corrected chi connectivity index (χ1v) is 8.71. The Labute approximate surface area is 147 Å². The molecule has 0 saturated carbocycles. The molecule has 0 unspecified atom stereocenters. The highest BCUT2D eigenvalue weighted by Crippen LogP contribution is 2.29. The zero-order valence-corrected chi connectivity index (χ0v) is 14.1. The monoisotopic (exact) mass is 353 g/mol. The molecule has 7 heteroatoms. The molecule has 0 saturated heterocycles. The maximum atomic E-state index is 12.5. The molecule has 1 heterocycles. The lowest BCUT2D eigenvalue weighted by Crippen LogP contribution is -2.15. The molecule has 126 valence electrons. The molecule has 2 aromatic carbocycles. The van der Waals surface area contributed by atoms with Crippen LogP contribution < -0.4 is 15.8 Å².